The van der Waals surface area contributed by atoms with Crippen LogP contribution in [0.5, 0.6) is 0 Å². The van der Waals surface area contributed by atoms with Crippen LogP contribution in [0.4, 0.5) is 0 Å². The molecule has 0 spiro atoms. The first-order valence-corrected chi connectivity index (χ1v) is 12.4. The van der Waals surface area contributed by atoms with E-state index < -0.39 is 0 Å². The molecule has 2 heterocycles. The summed E-state index contributed by atoms with van der Waals surface area (Å²) in [6.45, 7) is 9.90. The van der Waals surface area contributed by atoms with E-state index in [0.29, 0.717) is 11.7 Å². The minimum absolute atomic E-state index is 0.0600. The average molecular weight is 479 g/mol. The van der Waals surface area contributed by atoms with Gasteiger partial charge in [0.2, 0.25) is 0 Å². The van der Waals surface area contributed by atoms with E-state index in [9.17, 15) is 4.79 Å². The van der Waals surface area contributed by atoms with Gasteiger partial charge in [-0.3, -0.25) is 9.69 Å². The number of fused-ring (bicyclic) bond motifs is 1. The number of morpholine rings is 1. The fraction of sp³-hybridized carbons (Fsp3) is 0.407. The molecule has 0 saturated carbocycles. The van der Waals surface area contributed by atoms with Crippen LogP contribution in [0.1, 0.15) is 36.1 Å². The lowest BCUT2D eigenvalue weighted by Crippen LogP contribution is -2.43. The van der Waals surface area contributed by atoms with Gasteiger partial charge in [0.15, 0.2) is 5.11 Å². The Labute approximate surface area is 206 Å². The molecule has 1 unspecified atom stereocenters. The Kier molecular flexibility index (Phi) is 8.32. The Morgan fingerprint density at radius 3 is 2.71 bits per heavy atom. The highest BCUT2D eigenvalue weighted by molar-refractivity contribution is 7.80. The Bertz CT molecular complexity index is 1160. The van der Waals surface area contributed by atoms with E-state index in [4.69, 9.17) is 17.0 Å². The van der Waals surface area contributed by atoms with Gasteiger partial charge in [-0.25, -0.2) is 0 Å². The maximum Gasteiger partial charge on any atom is 0.253 e. The molecule has 1 aromatic heterocycles. The first-order chi connectivity index (χ1) is 16.5. The molecule has 0 bridgehead atoms. The molecule has 6 nitrogen and oxygen atoms in total. The van der Waals surface area contributed by atoms with Crippen LogP contribution in [0.15, 0.2) is 59.4 Å². The molecule has 180 valence electrons. The number of aromatic amines is 1. The van der Waals surface area contributed by atoms with E-state index in [1.807, 2.05) is 37.3 Å². The molecule has 1 fully saturated rings. The fourth-order valence-electron chi connectivity index (χ4n) is 4.35. The van der Waals surface area contributed by atoms with E-state index in [-0.39, 0.29) is 11.6 Å². The van der Waals surface area contributed by atoms with Crippen molar-refractivity contribution in [2.45, 2.75) is 32.9 Å². The van der Waals surface area contributed by atoms with Crippen LogP contribution >= 0.6 is 12.2 Å². The molecule has 4 rings (SSSR count). The summed E-state index contributed by atoms with van der Waals surface area (Å²) >= 11 is 5.85. The topological polar surface area (TPSA) is 60.6 Å². The smallest absolute Gasteiger partial charge is 0.253 e. The van der Waals surface area contributed by atoms with Gasteiger partial charge in [-0.05, 0) is 61.1 Å². The predicted octanol–water partition coefficient (Wildman–Crippen LogP) is 4.00. The number of hydrogen-bond acceptors (Lipinski definition) is 4. The predicted molar refractivity (Wildman–Crippen MR) is 142 cm³/mol. The highest BCUT2D eigenvalue weighted by Crippen LogP contribution is 2.16. The van der Waals surface area contributed by atoms with Crippen LogP contribution in [0.25, 0.3) is 10.9 Å². The lowest BCUT2D eigenvalue weighted by atomic mass is 10.1. The number of aromatic nitrogens is 1. The quantitative estimate of drug-likeness (QED) is 0.478. The number of pyridine rings is 1. The van der Waals surface area contributed by atoms with Gasteiger partial charge in [-0.2, -0.15) is 0 Å². The number of aryl methyl sites for hydroxylation is 1. The van der Waals surface area contributed by atoms with Crippen LogP contribution in [0.3, 0.4) is 0 Å². The van der Waals surface area contributed by atoms with Crippen LogP contribution in [-0.4, -0.2) is 59.3 Å². The lowest BCUT2D eigenvalue weighted by Gasteiger charge is -2.30. The number of nitrogens with zero attached hydrogens (tertiary/aromatic N) is 2. The van der Waals surface area contributed by atoms with E-state index in [0.717, 1.165) is 67.8 Å². The van der Waals surface area contributed by atoms with Crippen molar-refractivity contribution < 1.29 is 4.74 Å². The van der Waals surface area contributed by atoms with Crippen molar-refractivity contribution in [3.63, 3.8) is 0 Å². The summed E-state index contributed by atoms with van der Waals surface area (Å²) in [5, 5.41) is 5.18. The van der Waals surface area contributed by atoms with Gasteiger partial charge in [0.1, 0.15) is 0 Å². The molecule has 3 aromatic rings. The Balaban J connectivity index is 1.49. The molecular formula is C27H34N4O2S. The maximum atomic E-state index is 12.9. The maximum absolute atomic E-state index is 12.9. The molecule has 2 aromatic carbocycles. The zero-order valence-electron chi connectivity index (χ0n) is 20.0. The number of ether oxygens (including phenoxy) is 1. The summed E-state index contributed by atoms with van der Waals surface area (Å²) in [5.41, 5.74) is 3.83. The van der Waals surface area contributed by atoms with Crippen LogP contribution in [0, 0.1) is 6.92 Å². The zero-order chi connectivity index (χ0) is 23.9. The second kappa shape index (κ2) is 11.6. The normalized spacial score (nSPS) is 15.2. The summed E-state index contributed by atoms with van der Waals surface area (Å²) in [6, 6.07) is 18.5. The van der Waals surface area contributed by atoms with E-state index in [1.54, 1.807) is 0 Å². The van der Waals surface area contributed by atoms with E-state index >= 15 is 0 Å². The summed E-state index contributed by atoms with van der Waals surface area (Å²) < 4.78 is 5.46. The molecule has 0 aliphatic carbocycles. The van der Waals surface area contributed by atoms with Crippen molar-refractivity contribution in [3.05, 3.63) is 81.6 Å². The highest BCUT2D eigenvalue weighted by atomic mass is 32.1. The number of benzene rings is 2. The molecule has 34 heavy (non-hydrogen) atoms. The number of hydrogen-bond donors (Lipinski definition) is 2. The Morgan fingerprint density at radius 2 is 1.94 bits per heavy atom. The monoisotopic (exact) mass is 478 g/mol. The van der Waals surface area contributed by atoms with Gasteiger partial charge in [0.25, 0.3) is 5.56 Å². The first kappa shape index (κ1) is 24.4. The number of H-pyrrole nitrogens is 1. The lowest BCUT2D eigenvalue weighted by molar-refractivity contribution is 0.0367. The largest absolute Gasteiger partial charge is 0.379 e. The molecule has 7 heteroatoms. The standard InChI is InChI=1S/C27H34N4O2S/c1-20-9-10-23-18-24(26(32)29-25(23)17-20)19-31(12-6-11-30-13-15-33-16-14-30)27(34)28-21(2)22-7-4-3-5-8-22/h3-5,7-10,17-18,21H,6,11-16,19H2,1-2H3,(H,28,34)(H,29,32). The van der Waals surface area contributed by atoms with Crippen LogP contribution in [0.2, 0.25) is 0 Å². The molecule has 0 amide bonds. The van der Waals surface area contributed by atoms with Gasteiger partial charge < -0.3 is 19.9 Å². The summed E-state index contributed by atoms with van der Waals surface area (Å²) in [5.74, 6) is 0. The number of rotatable bonds is 8. The molecule has 1 aliphatic heterocycles. The number of thiocarbonyl (C=S) groups is 1. The van der Waals surface area contributed by atoms with Crippen molar-refractivity contribution in [3.8, 4) is 0 Å². The van der Waals surface area contributed by atoms with E-state index in [2.05, 4.69) is 51.3 Å². The van der Waals surface area contributed by atoms with Crippen molar-refractivity contribution in [2.75, 3.05) is 39.4 Å². The second-order valence-electron chi connectivity index (χ2n) is 9.03. The summed E-state index contributed by atoms with van der Waals surface area (Å²) in [4.78, 5) is 20.5. The van der Waals surface area contributed by atoms with Crippen molar-refractivity contribution in [2.24, 2.45) is 0 Å². The van der Waals surface area contributed by atoms with E-state index in [1.165, 1.54) is 5.56 Å². The third-order valence-electron chi connectivity index (χ3n) is 6.37. The first-order valence-electron chi connectivity index (χ1n) is 12.0. The van der Waals surface area contributed by atoms with Crippen molar-refractivity contribution in [1.82, 2.24) is 20.1 Å². The highest BCUT2D eigenvalue weighted by Gasteiger charge is 2.17. The molecular weight excluding hydrogens is 444 g/mol. The van der Waals surface area contributed by atoms with Crippen LogP contribution in [-0.2, 0) is 11.3 Å². The zero-order valence-corrected chi connectivity index (χ0v) is 20.9. The Hall–Kier alpha value is -2.74. The SMILES string of the molecule is Cc1ccc2cc(CN(CCCN3CCOCC3)C(=S)NC(C)c3ccccc3)c(=O)[nH]c2c1. The van der Waals surface area contributed by atoms with Crippen LogP contribution < -0.4 is 10.9 Å². The molecule has 1 saturated heterocycles. The third-order valence-corrected chi connectivity index (χ3v) is 6.75. The second-order valence-corrected chi connectivity index (χ2v) is 9.41. The van der Waals surface area contributed by atoms with Gasteiger partial charge in [0, 0.05) is 37.3 Å². The van der Waals surface area contributed by atoms with Gasteiger partial charge >= 0.3 is 0 Å². The minimum atomic E-state index is -0.0600. The molecule has 2 N–H and O–H groups in total. The third kappa shape index (κ3) is 6.44. The Morgan fingerprint density at radius 1 is 1.18 bits per heavy atom. The average Bonchev–Trinajstić information content (AvgIpc) is 2.85. The number of nitrogens with one attached hydrogen (secondary N) is 2. The summed E-state index contributed by atoms with van der Waals surface area (Å²) in [7, 11) is 0. The summed E-state index contributed by atoms with van der Waals surface area (Å²) in [6.07, 6.45) is 0.965. The molecule has 0 radical (unpaired) electrons. The van der Waals surface area contributed by atoms with Gasteiger partial charge in [-0.1, -0.05) is 42.5 Å². The van der Waals surface area contributed by atoms with Crippen molar-refractivity contribution >= 4 is 28.2 Å². The molecule has 1 atom stereocenters. The van der Waals surface area contributed by atoms with Gasteiger partial charge in [-0.15, -0.1) is 0 Å². The van der Waals surface area contributed by atoms with Crippen molar-refractivity contribution in [1.29, 1.82) is 0 Å². The van der Waals surface area contributed by atoms with Gasteiger partial charge in [0.05, 0.1) is 25.8 Å². The molecule has 1 aliphatic rings. The minimum Gasteiger partial charge on any atom is -0.379 e. The fourth-order valence-corrected chi connectivity index (χ4v) is 4.68.